The number of amides is 5. The predicted octanol–water partition coefficient (Wildman–Crippen LogP) is 2.06. The minimum Gasteiger partial charge on any atom is -0.465 e. The summed E-state index contributed by atoms with van der Waals surface area (Å²) in [5.74, 6) is -1.73. The van der Waals surface area contributed by atoms with E-state index in [9.17, 15) is 29.1 Å². The van der Waals surface area contributed by atoms with Gasteiger partial charge in [-0.05, 0) is 37.8 Å². The van der Waals surface area contributed by atoms with E-state index in [2.05, 4.69) is 10.6 Å². The molecule has 0 saturated carbocycles. The molecule has 0 radical (unpaired) electrons. The summed E-state index contributed by atoms with van der Waals surface area (Å²) in [5, 5.41) is 14.1. The Labute approximate surface area is 263 Å². The molecule has 3 N–H and O–H groups in total. The number of carboxylic acid groups (broad SMARTS) is 1. The third kappa shape index (κ3) is 7.80. The Balaban J connectivity index is 1.60. The standard InChI is InChI=1S/C33H43N5O7/c1-32(2,35-31(43)44)29(41)34-26(21-45-20-23-12-7-5-8-13-23)28(40)37-17-11-16-33(22-37)25(24-14-9-6-10-15-24)18-38(30(33)42)19-27(39)36(3)4/h5-10,12-15,25-26,35H,11,16-22H2,1-4H3,(H,34,41)(H,43,44)/t25?,26-,33?/m1/s1. The van der Waals surface area contributed by atoms with Crippen LogP contribution >= 0.6 is 0 Å². The summed E-state index contributed by atoms with van der Waals surface area (Å²) in [6, 6.07) is 17.9. The van der Waals surface area contributed by atoms with Crippen LogP contribution in [0.4, 0.5) is 4.79 Å². The highest BCUT2D eigenvalue weighted by Crippen LogP contribution is 2.49. The van der Waals surface area contributed by atoms with Gasteiger partial charge in [0.15, 0.2) is 0 Å². The Morgan fingerprint density at radius 1 is 1.07 bits per heavy atom. The number of nitrogens with one attached hydrogen (secondary N) is 2. The number of carbonyl (C=O) groups is 5. The molecule has 2 aliphatic heterocycles. The highest BCUT2D eigenvalue weighted by molar-refractivity contribution is 5.95. The highest BCUT2D eigenvalue weighted by Gasteiger charge is 2.57. The Kier molecular flexibility index (Phi) is 10.5. The van der Waals surface area contributed by atoms with Gasteiger partial charge in [-0.2, -0.15) is 0 Å². The maximum Gasteiger partial charge on any atom is 0.405 e. The minimum absolute atomic E-state index is 0.0530. The molecule has 4 rings (SSSR count). The molecule has 45 heavy (non-hydrogen) atoms. The Morgan fingerprint density at radius 3 is 2.33 bits per heavy atom. The molecular formula is C33H43N5O7. The summed E-state index contributed by atoms with van der Waals surface area (Å²) in [6.45, 7) is 3.62. The summed E-state index contributed by atoms with van der Waals surface area (Å²) in [6.07, 6.45) is -0.285. The molecule has 2 unspecified atom stereocenters. The molecule has 2 aromatic rings. The molecule has 2 aliphatic rings. The van der Waals surface area contributed by atoms with E-state index in [0.717, 1.165) is 11.1 Å². The molecule has 2 heterocycles. The Hall–Kier alpha value is -4.45. The number of hydrogen-bond donors (Lipinski definition) is 3. The molecule has 5 amide bonds. The fourth-order valence-electron chi connectivity index (χ4n) is 6.15. The number of likely N-dealkylation sites (N-methyl/N-ethyl adjacent to an activating group) is 1. The quantitative estimate of drug-likeness (QED) is 0.348. The molecule has 242 valence electrons. The molecule has 0 aromatic heterocycles. The number of benzene rings is 2. The first-order valence-corrected chi connectivity index (χ1v) is 15.1. The largest absolute Gasteiger partial charge is 0.465 e. The first-order chi connectivity index (χ1) is 21.3. The van der Waals surface area contributed by atoms with Crippen LogP contribution in [0.5, 0.6) is 0 Å². The lowest BCUT2D eigenvalue weighted by Gasteiger charge is -2.43. The lowest BCUT2D eigenvalue weighted by Crippen LogP contribution is -2.61. The SMILES string of the molecule is CN(C)C(=O)CN1CC(c2ccccc2)C2(CCCN(C(=O)[C@@H](COCc3ccccc3)NC(=O)C(C)(C)NC(=O)O)C2)C1=O. The van der Waals surface area contributed by atoms with Crippen LogP contribution < -0.4 is 10.6 Å². The zero-order valence-corrected chi connectivity index (χ0v) is 26.3. The summed E-state index contributed by atoms with van der Waals surface area (Å²) in [7, 11) is 3.30. The lowest BCUT2D eigenvalue weighted by atomic mass is 9.69. The van der Waals surface area contributed by atoms with Crippen molar-refractivity contribution in [3.8, 4) is 0 Å². The van der Waals surface area contributed by atoms with Crippen molar-refractivity contribution >= 4 is 29.7 Å². The Bertz CT molecular complexity index is 1380. The second kappa shape index (κ2) is 14.1. The van der Waals surface area contributed by atoms with Crippen molar-refractivity contribution < 1.29 is 33.8 Å². The lowest BCUT2D eigenvalue weighted by molar-refractivity contribution is -0.149. The topological polar surface area (TPSA) is 149 Å². The number of rotatable bonds is 11. The molecule has 0 aliphatic carbocycles. The number of nitrogens with zero attached hydrogens (tertiary/aromatic N) is 3. The summed E-state index contributed by atoms with van der Waals surface area (Å²) in [5.41, 5.74) is -0.635. The number of hydrogen-bond acceptors (Lipinski definition) is 6. The Morgan fingerprint density at radius 2 is 1.71 bits per heavy atom. The van der Waals surface area contributed by atoms with Gasteiger partial charge < -0.3 is 35.2 Å². The van der Waals surface area contributed by atoms with E-state index in [-0.39, 0.29) is 44.0 Å². The maximum absolute atomic E-state index is 14.2. The second-order valence-corrected chi connectivity index (χ2v) is 12.5. The molecule has 3 atom stereocenters. The van der Waals surface area contributed by atoms with Crippen LogP contribution in [0.25, 0.3) is 0 Å². The first-order valence-electron chi connectivity index (χ1n) is 15.1. The van der Waals surface area contributed by atoms with Crippen molar-refractivity contribution in [2.24, 2.45) is 5.41 Å². The zero-order chi connectivity index (χ0) is 32.8. The van der Waals surface area contributed by atoms with Crippen LogP contribution in [-0.4, -0.2) is 108 Å². The van der Waals surface area contributed by atoms with E-state index < -0.39 is 34.9 Å². The van der Waals surface area contributed by atoms with Crippen molar-refractivity contribution in [1.82, 2.24) is 25.3 Å². The van der Waals surface area contributed by atoms with Crippen LogP contribution in [0.1, 0.15) is 43.7 Å². The third-order valence-corrected chi connectivity index (χ3v) is 8.63. The number of carbonyl (C=O) groups excluding carboxylic acids is 4. The number of likely N-dealkylation sites (tertiary alicyclic amines) is 2. The minimum atomic E-state index is -1.52. The van der Waals surface area contributed by atoms with Crippen molar-refractivity contribution in [3.63, 3.8) is 0 Å². The smallest absolute Gasteiger partial charge is 0.405 e. The fourth-order valence-corrected chi connectivity index (χ4v) is 6.15. The van der Waals surface area contributed by atoms with Gasteiger partial charge in [0.2, 0.25) is 23.6 Å². The van der Waals surface area contributed by atoms with Crippen LogP contribution in [-0.2, 0) is 30.5 Å². The van der Waals surface area contributed by atoms with E-state index in [1.54, 1.807) is 23.9 Å². The van der Waals surface area contributed by atoms with Crippen LogP contribution in [0.15, 0.2) is 60.7 Å². The molecule has 0 bridgehead atoms. The van der Waals surface area contributed by atoms with Crippen molar-refractivity contribution in [3.05, 3.63) is 71.8 Å². The molecule has 2 aromatic carbocycles. The molecule has 2 fully saturated rings. The second-order valence-electron chi connectivity index (χ2n) is 12.5. The summed E-state index contributed by atoms with van der Waals surface area (Å²) in [4.78, 5) is 70.2. The van der Waals surface area contributed by atoms with Gasteiger partial charge in [0.05, 0.1) is 25.2 Å². The van der Waals surface area contributed by atoms with Crippen molar-refractivity contribution in [2.45, 2.75) is 50.8 Å². The van der Waals surface area contributed by atoms with E-state index in [1.165, 1.54) is 18.7 Å². The summed E-state index contributed by atoms with van der Waals surface area (Å²) >= 11 is 0. The van der Waals surface area contributed by atoms with Gasteiger partial charge in [0.25, 0.3) is 0 Å². The van der Waals surface area contributed by atoms with E-state index in [1.807, 2.05) is 60.7 Å². The van der Waals surface area contributed by atoms with E-state index in [4.69, 9.17) is 4.74 Å². The normalized spacial score (nSPS) is 20.5. The van der Waals surface area contributed by atoms with Gasteiger partial charge in [0.1, 0.15) is 11.6 Å². The van der Waals surface area contributed by atoms with Crippen LogP contribution in [0.3, 0.4) is 0 Å². The number of piperidine rings is 1. The van der Waals surface area contributed by atoms with Crippen molar-refractivity contribution in [2.75, 3.05) is 46.9 Å². The third-order valence-electron chi connectivity index (χ3n) is 8.63. The van der Waals surface area contributed by atoms with Crippen LogP contribution in [0.2, 0.25) is 0 Å². The van der Waals surface area contributed by atoms with Gasteiger partial charge >= 0.3 is 6.09 Å². The van der Waals surface area contributed by atoms with Gasteiger partial charge in [-0.15, -0.1) is 0 Å². The van der Waals surface area contributed by atoms with Crippen LogP contribution in [0, 0.1) is 5.41 Å². The van der Waals surface area contributed by atoms with Gasteiger partial charge in [-0.3, -0.25) is 19.2 Å². The van der Waals surface area contributed by atoms with Crippen molar-refractivity contribution in [1.29, 1.82) is 0 Å². The zero-order valence-electron chi connectivity index (χ0n) is 26.3. The van der Waals surface area contributed by atoms with Gasteiger partial charge in [-0.25, -0.2) is 4.79 Å². The highest BCUT2D eigenvalue weighted by atomic mass is 16.5. The molecular weight excluding hydrogens is 578 g/mol. The van der Waals surface area contributed by atoms with E-state index in [0.29, 0.717) is 25.9 Å². The average Bonchev–Trinajstić information content (AvgIpc) is 3.26. The average molecular weight is 622 g/mol. The van der Waals surface area contributed by atoms with Gasteiger partial charge in [0, 0.05) is 39.6 Å². The first kappa shape index (κ1) is 33.4. The molecule has 2 saturated heterocycles. The summed E-state index contributed by atoms with van der Waals surface area (Å²) < 4.78 is 5.88. The molecule has 12 heteroatoms. The van der Waals surface area contributed by atoms with E-state index >= 15 is 0 Å². The fraction of sp³-hybridized carbons (Fsp3) is 0.485. The maximum atomic E-state index is 14.2. The number of ether oxygens (including phenoxy) is 1. The predicted molar refractivity (Wildman–Crippen MR) is 166 cm³/mol. The molecule has 12 nitrogen and oxygen atoms in total. The van der Waals surface area contributed by atoms with Gasteiger partial charge in [-0.1, -0.05) is 60.7 Å². The monoisotopic (exact) mass is 621 g/mol. The molecule has 1 spiro atoms.